The van der Waals surface area contributed by atoms with Crippen LogP contribution in [0.25, 0.3) is 0 Å². The van der Waals surface area contributed by atoms with E-state index < -0.39 is 0 Å². The van der Waals surface area contributed by atoms with Crippen LogP contribution < -0.4 is 16.2 Å². The monoisotopic (exact) mass is 264 g/mol. The van der Waals surface area contributed by atoms with E-state index in [9.17, 15) is 4.79 Å². The largest absolute Gasteiger partial charge is 0.360 e. The van der Waals surface area contributed by atoms with Crippen LogP contribution in [-0.4, -0.2) is 28.2 Å². The van der Waals surface area contributed by atoms with Crippen LogP contribution in [0.4, 0.5) is 5.82 Å². The van der Waals surface area contributed by atoms with Gasteiger partial charge in [-0.1, -0.05) is 13.8 Å². The van der Waals surface area contributed by atoms with Crippen LogP contribution in [-0.2, 0) is 6.54 Å². The number of piperidine rings is 1. The number of anilines is 1. The molecule has 1 fully saturated rings. The topological polar surface area (TPSA) is 59.0 Å². The van der Waals surface area contributed by atoms with E-state index in [4.69, 9.17) is 0 Å². The molecule has 0 aromatic carbocycles. The van der Waals surface area contributed by atoms with E-state index in [0.717, 1.165) is 32.5 Å². The first-order valence-corrected chi connectivity index (χ1v) is 7.04. The van der Waals surface area contributed by atoms with Gasteiger partial charge >= 0.3 is 0 Å². The minimum absolute atomic E-state index is 0.0176. The third kappa shape index (κ3) is 3.56. The van der Waals surface area contributed by atoms with Gasteiger partial charge in [0.2, 0.25) is 0 Å². The first-order valence-electron chi connectivity index (χ1n) is 7.04. The SMILES string of the molecule is CC(C)Cn1ccnc(NC2(C)CCNCC2)c1=O. The molecule has 2 rings (SSSR count). The summed E-state index contributed by atoms with van der Waals surface area (Å²) in [5, 5.41) is 6.69. The highest BCUT2D eigenvalue weighted by atomic mass is 16.1. The van der Waals surface area contributed by atoms with Gasteiger partial charge in [-0.25, -0.2) is 4.98 Å². The quantitative estimate of drug-likeness (QED) is 0.864. The Morgan fingerprint density at radius 3 is 2.79 bits per heavy atom. The van der Waals surface area contributed by atoms with Gasteiger partial charge in [0, 0.05) is 24.5 Å². The van der Waals surface area contributed by atoms with E-state index in [1.807, 2.05) is 0 Å². The molecule has 2 heterocycles. The number of rotatable bonds is 4. The summed E-state index contributed by atoms with van der Waals surface area (Å²) in [6, 6.07) is 0. The predicted octanol–water partition coefficient (Wildman–Crippen LogP) is 1.45. The van der Waals surface area contributed by atoms with Crippen molar-refractivity contribution < 1.29 is 0 Å². The van der Waals surface area contributed by atoms with Crippen LogP contribution in [0, 0.1) is 5.92 Å². The minimum Gasteiger partial charge on any atom is -0.360 e. The average Bonchev–Trinajstić information content (AvgIpc) is 2.34. The lowest BCUT2D eigenvalue weighted by Crippen LogP contribution is -2.46. The van der Waals surface area contributed by atoms with Crippen molar-refractivity contribution in [3.63, 3.8) is 0 Å². The zero-order chi connectivity index (χ0) is 13.9. The Hall–Kier alpha value is -1.36. The normalized spacial score (nSPS) is 18.5. The molecule has 1 aromatic heterocycles. The van der Waals surface area contributed by atoms with Gasteiger partial charge in [-0.05, 0) is 38.8 Å². The summed E-state index contributed by atoms with van der Waals surface area (Å²) in [4.78, 5) is 16.6. The fourth-order valence-electron chi connectivity index (χ4n) is 2.46. The van der Waals surface area contributed by atoms with Crippen molar-refractivity contribution >= 4 is 5.82 Å². The molecule has 0 saturated carbocycles. The molecule has 0 unspecified atom stereocenters. The fraction of sp³-hybridized carbons (Fsp3) is 0.714. The van der Waals surface area contributed by atoms with Gasteiger partial charge in [-0.3, -0.25) is 4.79 Å². The van der Waals surface area contributed by atoms with Gasteiger partial charge in [0.15, 0.2) is 5.82 Å². The molecule has 0 spiro atoms. The molecule has 19 heavy (non-hydrogen) atoms. The number of aromatic nitrogens is 2. The Kier molecular flexibility index (Phi) is 4.24. The Morgan fingerprint density at radius 2 is 2.16 bits per heavy atom. The van der Waals surface area contributed by atoms with Crippen molar-refractivity contribution in [3.05, 3.63) is 22.7 Å². The molecular weight excluding hydrogens is 240 g/mol. The first kappa shape index (κ1) is 14.1. The second-order valence-electron chi connectivity index (χ2n) is 6.06. The van der Waals surface area contributed by atoms with Crippen molar-refractivity contribution in [3.8, 4) is 0 Å². The number of hydrogen-bond acceptors (Lipinski definition) is 4. The summed E-state index contributed by atoms with van der Waals surface area (Å²) in [5.74, 6) is 0.926. The van der Waals surface area contributed by atoms with Gasteiger partial charge in [0.05, 0.1) is 0 Å². The first-order chi connectivity index (χ1) is 9.00. The highest BCUT2D eigenvalue weighted by Crippen LogP contribution is 2.20. The molecule has 0 atom stereocenters. The molecule has 1 aromatic rings. The second-order valence-corrected chi connectivity index (χ2v) is 6.06. The van der Waals surface area contributed by atoms with Crippen LogP contribution in [0.2, 0.25) is 0 Å². The Bertz CT molecular complexity index is 475. The van der Waals surface area contributed by atoms with E-state index in [-0.39, 0.29) is 11.1 Å². The van der Waals surface area contributed by atoms with Crippen LogP contribution in [0.15, 0.2) is 17.2 Å². The lowest BCUT2D eigenvalue weighted by atomic mass is 9.91. The lowest BCUT2D eigenvalue weighted by Gasteiger charge is -2.35. The zero-order valence-corrected chi connectivity index (χ0v) is 12.1. The molecule has 0 radical (unpaired) electrons. The summed E-state index contributed by atoms with van der Waals surface area (Å²) in [6.45, 7) is 9.07. The molecule has 1 aliphatic rings. The highest BCUT2D eigenvalue weighted by molar-refractivity contribution is 5.35. The summed E-state index contributed by atoms with van der Waals surface area (Å²) < 4.78 is 1.74. The minimum atomic E-state index is -0.0333. The maximum absolute atomic E-state index is 12.3. The molecule has 5 nitrogen and oxygen atoms in total. The Morgan fingerprint density at radius 1 is 1.47 bits per heavy atom. The van der Waals surface area contributed by atoms with Crippen molar-refractivity contribution in [2.75, 3.05) is 18.4 Å². The Labute approximate surface area is 114 Å². The molecule has 0 amide bonds. The third-order valence-corrected chi connectivity index (χ3v) is 3.60. The van der Waals surface area contributed by atoms with Crippen LogP contribution in [0.5, 0.6) is 0 Å². The predicted molar refractivity (Wildman–Crippen MR) is 77.5 cm³/mol. The average molecular weight is 264 g/mol. The van der Waals surface area contributed by atoms with Crippen LogP contribution in [0.3, 0.4) is 0 Å². The van der Waals surface area contributed by atoms with Crippen LogP contribution >= 0.6 is 0 Å². The van der Waals surface area contributed by atoms with Gasteiger partial charge < -0.3 is 15.2 Å². The number of hydrogen-bond donors (Lipinski definition) is 2. The maximum atomic E-state index is 12.3. The van der Waals surface area contributed by atoms with E-state index >= 15 is 0 Å². The molecule has 0 bridgehead atoms. The zero-order valence-electron chi connectivity index (χ0n) is 12.1. The maximum Gasteiger partial charge on any atom is 0.293 e. The summed E-state index contributed by atoms with van der Waals surface area (Å²) in [6.07, 6.45) is 5.48. The van der Waals surface area contributed by atoms with E-state index in [2.05, 4.69) is 36.4 Å². The van der Waals surface area contributed by atoms with Crippen molar-refractivity contribution in [1.29, 1.82) is 0 Å². The van der Waals surface area contributed by atoms with Crippen molar-refractivity contribution in [2.24, 2.45) is 5.92 Å². The summed E-state index contributed by atoms with van der Waals surface area (Å²) >= 11 is 0. The third-order valence-electron chi connectivity index (χ3n) is 3.60. The van der Waals surface area contributed by atoms with Crippen LogP contribution in [0.1, 0.15) is 33.6 Å². The standard InChI is InChI=1S/C14H24N4O/c1-11(2)10-18-9-8-16-12(13(18)19)17-14(3)4-6-15-7-5-14/h8-9,11,15H,4-7,10H2,1-3H3,(H,16,17). The highest BCUT2D eigenvalue weighted by Gasteiger charge is 2.27. The van der Waals surface area contributed by atoms with E-state index in [1.54, 1.807) is 17.0 Å². The second kappa shape index (κ2) is 5.74. The molecule has 5 heteroatoms. The Balaban J connectivity index is 2.18. The van der Waals surface area contributed by atoms with Gasteiger partial charge in [0.1, 0.15) is 0 Å². The molecule has 1 aliphatic heterocycles. The van der Waals surface area contributed by atoms with Gasteiger partial charge in [0.25, 0.3) is 5.56 Å². The van der Waals surface area contributed by atoms with Crippen molar-refractivity contribution in [2.45, 2.75) is 45.7 Å². The summed E-state index contributed by atoms with van der Waals surface area (Å²) in [7, 11) is 0. The molecular formula is C14H24N4O. The number of nitrogens with zero attached hydrogens (tertiary/aromatic N) is 2. The molecule has 106 valence electrons. The summed E-state index contributed by atoms with van der Waals surface area (Å²) in [5.41, 5.74) is -0.0509. The molecule has 1 saturated heterocycles. The van der Waals surface area contributed by atoms with Gasteiger partial charge in [-0.2, -0.15) is 0 Å². The smallest absolute Gasteiger partial charge is 0.293 e. The number of nitrogens with one attached hydrogen (secondary N) is 2. The molecule has 0 aliphatic carbocycles. The fourth-order valence-corrected chi connectivity index (χ4v) is 2.46. The molecule has 2 N–H and O–H groups in total. The van der Waals surface area contributed by atoms with E-state index in [0.29, 0.717) is 11.7 Å². The van der Waals surface area contributed by atoms with E-state index in [1.165, 1.54) is 0 Å². The van der Waals surface area contributed by atoms with Crippen molar-refractivity contribution in [1.82, 2.24) is 14.9 Å². The lowest BCUT2D eigenvalue weighted by molar-refractivity contribution is 0.363. The van der Waals surface area contributed by atoms with Gasteiger partial charge in [-0.15, -0.1) is 0 Å².